The van der Waals surface area contributed by atoms with E-state index >= 15 is 0 Å². The molecule has 1 aliphatic carbocycles. The van der Waals surface area contributed by atoms with Gasteiger partial charge in [-0.2, -0.15) is 13.2 Å². The first-order valence-electron chi connectivity index (χ1n) is 11.0. The van der Waals surface area contributed by atoms with E-state index in [-0.39, 0.29) is 0 Å². The summed E-state index contributed by atoms with van der Waals surface area (Å²) in [6.45, 7) is 2.27. The molecule has 1 aromatic carbocycles. The number of alkyl halides is 3. The Kier molecular flexibility index (Phi) is 10.1. The largest absolute Gasteiger partial charge is 0.479 e. The Bertz CT molecular complexity index is 762. The van der Waals surface area contributed by atoms with Gasteiger partial charge in [0, 0.05) is 25.2 Å². The molecule has 0 spiro atoms. The average Bonchev–Trinajstić information content (AvgIpc) is 3.31. The Morgan fingerprint density at radius 2 is 1.55 bits per heavy atom. The van der Waals surface area contributed by atoms with Crippen LogP contribution < -0.4 is 5.32 Å². The van der Waals surface area contributed by atoms with Crippen molar-refractivity contribution in [3.8, 4) is 0 Å². The van der Waals surface area contributed by atoms with Gasteiger partial charge in [0.2, 0.25) is 0 Å². The van der Waals surface area contributed by atoms with Crippen molar-refractivity contribution in [2.24, 2.45) is 0 Å². The molecule has 0 aromatic heterocycles. The molecule has 3 rings (SSSR count). The lowest BCUT2D eigenvalue weighted by Gasteiger charge is -2.38. The van der Waals surface area contributed by atoms with Gasteiger partial charge in [-0.3, -0.25) is 4.90 Å². The highest BCUT2D eigenvalue weighted by Gasteiger charge is 2.35. The first kappa shape index (κ1) is 27.0. The summed E-state index contributed by atoms with van der Waals surface area (Å²) in [7, 11) is 0. The van der Waals surface area contributed by atoms with Crippen molar-refractivity contribution in [1.82, 2.24) is 10.2 Å². The van der Waals surface area contributed by atoms with Gasteiger partial charge < -0.3 is 25.7 Å². The number of benzene rings is 1. The molecule has 1 saturated heterocycles. The fourth-order valence-electron chi connectivity index (χ4n) is 4.29. The van der Waals surface area contributed by atoms with E-state index in [0.29, 0.717) is 24.2 Å². The summed E-state index contributed by atoms with van der Waals surface area (Å²) in [4.78, 5) is 21.9. The summed E-state index contributed by atoms with van der Waals surface area (Å²) in [6, 6.07) is 6.84. The molecule has 33 heavy (non-hydrogen) atoms. The molecular weight excluding hydrogens is 445 g/mol. The van der Waals surface area contributed by atoms with E-state index in [1.807, 2.05) is 0 Å². The molecule has 1 heterocycles. The predicted molar refractivity (Wildman–Crippen MR) is 112 cm³/mol. The molecule has 2 fully saturated rings. The van der Waals surface area contributed by atoms with Crippen LogP contribution in [0.1, 0.15) is 49.7 Å². The number of aliphatic hydroxyl groups is 2. The topological polar surface area (TPSA) is 130 Å². The monoisotopic (exact) mass is 476 g/mol. The van der Waals surface area contributed by atoms with Crippen LogP contribution in [0.25, 0.3) is 0 Å². The van der Waals surface area contributed by atoms with Crippen molar-refractivity contribution in [2.45, 2.75) is 75.5 Å². The second kappa shape index (κ2) is 12.3. The maximum Gasteiger partial charge on any atom is 0.416 e. The summed E-state index contributed by atoms with van der Waals surface area (Å²) in [5.74, 6) is -3.54. The van der Waals surface area contributed by atoms with Gasteiger partial charge in [-0.1, -0.05) is 37.5 Å². The van der Waals surface area contributed by atoms with Crippen LogP contribution in [-0.4, -0.2) is 74.6 Å². The SMILES string of the molecule is FC(F)(F)c1ccccc1CN(C1CCCCC1)[C@H]1CCNC1.O=C(O)[C@@H](O)[C@H](O)C(=O)O. The molecule has 0 unspecified atom stereocenters. The number of halogens is 3. The van der Waals surface area contributed by atoms with Crippen molar-refractivity contribution >= 4 is 11.9 Å². The summed E-state index contributed by atoms with van der Waals surface area (Å²) >= 11 is 0. The molecule has 2 aliphatic rings. The zero-order valence-corrected chi connectivity index (χ0v) is 18.2. The van der Waals surface area contributed by atoms with Crippen LogP contribution in [0.5, 0.6) is 0 Å². The van der Waals surface area contributed by atoms with E-state index in [0.717, 1.165) is 32.4 Å². The summed E-state index contributed by atoms with van der Waals surface area (Å²) in [5.41, 5.74) is -0.0655. The van der Waals surface area contributed by atoms with Gasteiger partial charge in [0.15, 0.2) is 12.2 Å². The number of aliphatic carboxylic acids is 2. The van der Waals surface area contributed by atoms with Gasteiger partial charge in [0.05, 0.1) is 5.56 Å². The Balaban J connectivity index is 0.000000328. The normalized spacial score (nSPS) is 21.2. The minimum atomic E-state index is -4.28. The molecule has 3 atom stereocenters. The number of carboxylic acid groups (broad SMARTS) is 2. The Hall–Kier alpha value is -2.21. The van der Waals surface area contributed by atoms with E-state index < -0.39 is 35.9 Å². The van der Waals surface area contributed by atoms with Crippen LogP contribution in [0.3, 0.4) is 0 Å². The van der Waals surface area contributed by atoms with Gasteiger partial charge in [-0.25, -0.2) is 9.59 Å². The maximum atomic E-state index is 13.3. The lowest BCUT2D eigenvalue weighted by molar-refractivity contribution is -0.165. The van der Waals surface area contributed by atoms with Gasteiger partial charge in [0.1, 0.15) is 0 Å². The number of hydrogen-bond donors (Lipinski definition) is 5. The smallest absolute Gasteiger partial charge is 0.416 e. The van der Waals surface area contributed by atoms with Crippen LogP contribution >= 0.6 is 0 Å². The van der Waals surface area contributed by atoms with Crippen LogP contribution in [0.15, 0.2) is 24.3 Å². The first-order valence-corrected chi connectivity index (χ1v) is 11.0. The number of rotatable bonds is 7. The van der Waals surface area contributed by atoms with Crippen LogP contribution in [0, 0.1) is 0 Å². The third kappa shape index (κ3) is 7.95. The molecule has 1 saturated carbocycles. The average molecular weight is 476 g/mol. The molecule has 1 aliphatic heterocycles. The number of nitrogens with zero attached hydrogens (tertiary/aromatic N) is 1. The van der Waals surface area contributed by atoms with Crippen molar-refractivity contribution in [1.29, 1.82) is 0 Å². The van der Waals surface area contributed by atoms with Crippen molar-refractivity contribution in [3.63, 3.8) is 0 Å². The Morgan fingerprint density at radius 3 is 2.03 bits per heavy atom. The van der Waals surface area contributed by atoms with E-state index in [9.17, 15) is 22.8 Å². The number of hydrogen-bond acceptors (Lipinski definition) is 6. The van der Waals surface area contributed by atoms with Crippen molar-refractivity contribution in [3.05, 3.63) is 35.4 Å². The van der Waals surface area contributed by atoms with Crippen molar-refractivity contribution in [2.75, 3.05) is 13.1 Å². The summed E-state index contributed by atoms with van der Waals surface area (Å²) in [6.07, 6.45) is -1.89. The van der Waals surface area contributed by atoms with E-state index in [1.54, 1.807) is 12.1 Å². The zero-order valence-electron chi connectivity index (χ0n) is 18.2. The molecule has 0 radical (unpaired) electrons. The number of carboxylic acids is 2. The quantitative estimate of drug-likeness (QED) is 0.405. The molecule has 0 bridgehead atoms. The molecule has 11 heteroatoms. The second-order valence-electron chi connectivity index (χ2n) is 8.33. The van der Waals surface area contributed by atoms with Crippen LogP contribution in [-0.2, 0) is 22.3 Å². The number of carbonyl (C=O) groups is 2. The van der Waals surface area contributed by atoms with Gasteiger partial charge in [-0.15, -0.1) is 0 Å². The Morgan fingerprint density at radius 1 is 0.970 bits per heavy atom. The van der Waals surface area contributed by atoms with Gasteiger partial charge >= 0.3 is 18.1 Å². The van der Waals surface area contributed by atoms with Crippen LogP contribution in [0.2, 0.25) is 0 Å². The molecule has 1 aromatic rings. The molecule has 5 N–H and O–H groups in total. The maximum absolute atomic E-state index is 13.3. The van der Waals surface area contributed by atoms with Crippen LogP contribution in [0.4, 0.5) is 13.2 Å². The summed E-state index contributed by atoms with van der Waals surface area (Å²) < 4.78 is 39.9. The van der Waals surface area contributed by atoms with E-state index in [2.05, 4.69) is 10.2 Å². The minimum Gasteiger partial charge on any atom is -0.479 e. The van der Waals surface area contributed by atoms with Crippen molar-refractivity contribution < 1.29 is 43.2 Å². The highest BCUT2D eigenvalue weighted by molar-refractivity contribution is 5.83. The highest BCUT2D eigenvalue weighted by atomic mass is 19.4. The third-order valence-electron chi connectivity index (χ3n) is 6.03. The standard InChI is InChI=1S/C18H25F3N2.C4H6O6/c19-18(20,21)17-9-5-4-6-14(17)13-23(16-10-11-22-12-16)15-7-2-1-3-8-15;5-1(3(7)8)2(6)4(9)10/h4-6,9,15-16,22H,1-3,7-8,10-13H2;1-2,5-6H,(H,7,8)(H,9,10)/t16-;1-,2-/m00/s1. The molecule has 186 valence electrons. The van der Waals surface area contributed by atoms with E-state index in [4.69, 9.17) is 20.4 Å². The zero-order chi connectivity index (χ0) is 24.6. The lowest BCUT2D eigenvalue weighted by atomic mass is 9.92. The van der Waals surface area contributed by atoms with Gasteiger partial charge in [-0.05, 0) is 37.4 Å². The number of aliphatic hydroxyl groups excluding tert-OH is 2. The lowest BCUT2D eigenvalue weighted by Crippen LogP contribution is -2.45. The molecular formula is C22H31F3N2O6. The molecule has 8 nitrogen and oxygen atoms in total. The Labute approximate surface area is 190 Å². The highest BCUT2D eigenvalue weighted by Crippen LogP contribution is 2.34. The molecule has 0 amide bonds. The summed E-state index contributed by atoms with van der Waals surface area (Å²) in [5, 5.41) is 35.9. The van der Waals surface area contributed by atoms with E-state index in [1.165, 1.54) is 31.4 Å². The first-order chi connectivity index (χ1) is 15.5. The van der Waals surface area contributed by atoms with Gasteiger partial charge in [0.25, 0.3) is 0 Å². The fourth-order valence-corrected chi connectivity index (χ4v) is 4.29. The number of nitrogens with one attached hydrogen (secondary N) is 1. The predicted octanol–water partition coefficient (Wildman–Crippen LogP) is 2.08. The fraction of sp³-hybridized carbons (Fsp3) is 0.636. The minimum absolute atomic E-state index is 0.361. The third-order valence-corrected chi connectivity index (χ3v) is 6.03. The second-order valence-corrected chi connectivity index (χ2v) is 8.33.